The summed E-state index contributed by atoms with van der Waals surface area (Å²) in [6.07, 6.45) is 5.94. The highest BCUT2D eigenvalue weighted by Crippen LogP contribution is 2.17. The van der Waals surface area contributed by atoms with Gasteiger partial charge >= 0.3 is 0 Å². The zero-order valence-electron chi connectivity index (χ0n) is 10.1. The van der Waals surface area contributed by atoms with Gasteiger partial charge in [0, 0.05) is 24.2 Å². The molecule has 2 rings (SSSR count). The maximum atomic E-state index is 4.34. The Morgan fingerprint density at radius 3 is 3.19 bits per heavy atom. The second-order valence-electron chi connectivity index (χ2n) is 4.63. The molecule has 2 atom stereocenters. The lowest BCUT2D eigenvalue weighted by Gasteiger charge is -2.33. The van der Waals surface area contributed by atoms with E-state index in [-0.39, 0.29) is 0 Å². The Kier molecular flexibility index (Phi) is 4.32. The molecule has 1 aliphatic heterocycles. The van der Waals surface area contributed by atoms with Crippen LogP contribution in [0.2, 0.25) is 0 Å². The van der Waals surface area contributed by atoms with Crippen LogP contribution in [-0.4, -0.2) is 36.1 Å². The third kappa shape index (κ3) is 3.03. The van der Waals surface area contributed by atoms with E-state index in [2.05, 4.69) is 29.2 Å². The quantitative estimate of drug-likeness (QED) is 0.873. The van der Waals surface area contributed by atoms with Crippen LogP contribution in [-0.2, 0) is 0 Å². The molecule has 4 heteroatoms. The second kappa shape index (κ2) is 5.75. The van der Waals surface area contributed by atoms with E-state index in [1.54, 1.807) is 11.3 Å². The summed E-state index contributed by atoms with van der Waals surface area (Å²) in [5, 5.41) is 6.83. The Morgan fingerprint density at radius 2 is 2.50 bits per heavy atom. The Hall–Kier alpha value is -0.450. The van der Waals surface area contributed by atoms with Crippen molar-refractivity contribution in [2.45, 2.75) is 38.3 Å². The van der Waals surface area contributed by atoms with Crippen molar-refractivity contribution < 1.29 is 0 Å². The minimum Gasteiger partial charge on any atom is -0.307 e. The van der Waals surface area contributed by atoms with Crippen LogP contribution in [0.4, 0.5) is 0 Å². The second-order valence-corrected chi connectivity index (χ2v) is 5.56. The van der Waals surface area contributed by atoms with Gasteiger partial charge in [-0.2, -0.15) is 0 Å². The Bertz CT molecular complexity index is 299. The molecule has 1 aromatic rings. The molecular formula is C12H21N3S. The van der Waals surface area contributed by atoms with Gasteiger partial charge < -0.3 is 10.2 Å². The summed E-state index contributed by atoms with van der Waals surface area (Å²) in [7, 11) is 2.24. The highest BCUT2D eigenvalue weighted by molar-refractivity contribution is 7.09. The number of nitrogens with zero attached hydrogens (tertiary/aromatic N) is 2. The molecule has 2 unspecified atom stereocenters. The fourth-order valence-corrected chi connectivity index (χ4v) is 2.92. The molecule has 1 N–H and O–H groups in total. The summed E-state index contributed by atoms with van der Waals surface area (Å²) in [6, 6.07) is 1.09. The van der Waals surface area contributed by atoms with Gasteiger partial charge in [0.15, 0.2) is 0 Å². The molecule has 1 saturated heterocycles. The first-order valence-corrected chi connectivity index (χ1v) is 6.98. The number of hydrogen-bond acceptors (Lipinski definition) is 4. The van der Waals surface area contributed by atoms with E-state index in [4.69, 9.17) is 0 Å². The maximum Gasteiger partial charge on any atom is 0.109 e. The minimum atomic E-state index is 0.385. The molecule has 0 bridgehead atoms. The molecular weight excluding hydrogens is 218 g/mol. The molecule has 90 valence electrons. The average molecular weight is 239 g/mol. The van der Waals surface area contributed by atoms with Crippen LogP contribution in [0.1, 0.15) is 37.2 Å². The third-order valence-corrected chi connectivity index (χ3v) is 4.36. The summed E-state index contributed by atoms with van der Waals surface area (Å²) < 4.78 is 0. The lowest BCUT2D eigenvalue weighted by atomic mass is 10.0. The highest BCUT2D eigenvalue weighted by atomic mass is 32.1. The first-order valence-electron chi connectivity index (χ1n) is 6.10. The van der Waals surface area contributed by atoms with Crippen LogP contribution >= 0.6 is 11.3 Å². The van der Waals surface area contributed by atoms with E-state index in [1.807, 2.05) is 11.6 Å². The van der Waals surface area contributed by atoms with Gasteiger partial charge in [-0.3, -0.25) is 0 Å². The van der Waals surface area contributed by atoms with Crippen LogP contribution in [0.3, 0.4) is 0 Å². The van der Waals surface area contributed by atoms with Gasteiger partial charge in [-0.25, -0.2) is 4.98 Å². The van der Waals surface area contributed by atoms with Crippen molar-refractivity contribution in [3.63, 3.8) is 0 Å². The summed E-state index contributed by atoms with van der Waals surface area (Å²) in [5.74, 6) is 0. The number of rotatable bonds is 4. The van der Waals surface area contributed by atoms with E-state index in [0.29, 0.717) is 12.1 Å². The molecule has 0 spiro atoms. The topological polar surface area (TPSA) is 28.2 Å². The van der Waals surface area contributed by atoms with Gasteiger partial charge in [-0.05, 0) is 33.4 Å². The average Bonchev–Trinajstić information content (AvgIpc) is 2.81. The fraction of sp³-hybridized carbons (Fsp3) is 0.750. The number of thiazole rings is 1. The van der Waals surface area contributed by atoms with Crippen LogP contribution in [0.25, 0.3) is 0 Å². The van der Waals surface area contributed by atoms with Crippen LogP contribution in [0.15, 0.2) is 11.6 Å². The molecule has 3 nitrogen and oxygen atoms in total. The molecule has 0 saturated carbocycles. The Morgan fingerprint density at radius 1 is 1.62 bits per heavy atom. The highest BCUT2D eigenvalue weighted by Gasteiger charge is 2.19. The van der Waals surface area contributed by atoms with Crippen molar-refractivity contribution in [2.75, 3.05) is 20.1 Å². The molecule has 1 fully saturated rings. The fourth-order valence-electron chi connectivity index (χ4n) is 2.25. The van der Waals surface area contributed by atoms with E-state index in [0.717, 1.165) is 6.54 Å². The largest absolute Gasteiger partial charge is 0.307 e. The lowest BCUT2D eigenvalue weighted by molar-refractivity contribution is 0.178. The van der Waals surface area contributed by atoms with Crippen molar-refractivity contribution in [1.82, 2.24) is 15.2 Å². The number of aromatic nitrogens is 1. The molecule has 2 heterocycles. The molecule has 1 aliphatic rings. The number of hydrogen-bond donors (Lipinski definition) is 1. The first-order chi connectivity index (χ1) is 7.77. The number of likely N-dealkylation sites (tertiary alicyclic amines) is 1. The smallest absolute Gasteiger partial charge is 0.109 e. The van der Waals surface area contributed by atoms with Gasteiger partial charge in [0.1, 0.15) is 5.01 Å². The monoisotopic (exact) mass is 239 g/mol. The van der Waals surface area contributed by atoms with Gasteiger partial charge in [0.2, 0.25) is 0 Å². The number of likely N-dealkylation sites (N-methyl/N-ethyl adjacent to an activating group) is 1. The van der Waals surface area contributed by atoms with Crippen molar-refractivity contribution in [1.29, 1.82) is 0 Å². The van der Waals surface area contributed by atoms with Crippen LogP contribution in [0.5, 0.6) is 0 Å². The molecule has 1 aromatic heterocycles. The molecule has 0 radical (unpaired) electrons. The maximum absolute atomic E-state index is 4.34. The molecule has 0 aromatic carbocycles. The molecule has 0 aliphatic carbocycles. The van der Waals surface area contributed by atoms with Crippen LogP contribution in [0, 0.1) is 0 Å². The normalized spacial score (nSPS) is 24.5. The zero-order chi connectivity index (χ0) is 11.4. The van der Waals surface area contributed by atoms with E-state index >= 15 is 0 Å². The van der Waals surface area contributed by atoms with E-state index in [1.165, 1.54) is 30.8 Å². The van der Waals surface area contributed by atoms with Gasteiger partial charge in [-0.15, -0.1) is 11.3 Å². The molecule has 16 heavy (non-hydrogen) atoms. The number of piperidine rings is 1. The lowest BCUT2D eigenvalue weighted by Crippen LogP contribution is -2.43. The van der Waals surface area contributed by atoms with Crippen molar-refractivity contribution in [3.8, 4) is 0 Å². The van der Waals surface area contributed by atoms with Gasteiger partial charge in [0.05, 0.1) is 6.04 Å². The van der Waals surface area contributed by atoms with Crippen molar-refractivity contribution in [3.05, 3.63) is 16.6 Å². The predicted octanol–water partition coefficient (Wildman–Crippen LogP) is 2.28. The van der Waals surface area contributed by atoms with Crippen molar-refractivity contribution >= 4 is 11.3 Å². The standard InChI is InChI=1S/C12H21N3S/c1-10(12-13-6-8-16-12)14-9-11-5-3-4-7-15(11)2/h6,8,10-11,14H,3-5,7,9H2,1-2H3. The number of nitrogens with one attached hydrogen (secondary N) is 1. The van der Waals surface area contributed by atoms with E-state index in [9.17, 15) is 0 Å². The Balaban J connectivity index is 1.78. The zero-order valence-corrected chi connectivity index (χ0v) is 11.0. The van der Waals surface area contributed by atoms with Gasteiger partial charge in [0.25, 0.3) is 0 Å². The van der Waals surface area contributed by atoms with Gasteiger partial charge in [-0.1, -0.05) is 6.42 Å². The van der Waals surface area contributed by atoms with Crippen molar-refractivity contribution in [2.24, 2.45) is 0 Å². The Labute approximate surface area is 102 Å². The van der Waals surface area contributed by atoms with Crippen LogP contribution < -0.4 is 5.32 Å². The van der Waals surface area contributed by atoms with E-state index < -0.39 is 0 Å². The minimum absolute atomic E-state index is 0.385. The summed E-state index contributed by atoms with van der Waals surface area (Å²) in [4.78, 5) is 6.82. The summed E-state index contributed by atoms with van der Waals surface area (Å²) >= 11 is 1.73. The SMILES string of the molecule is CC(NCC1CCCCN1C)c1nccs1. The molecule has 0 amide bonds. The third-order valence-electron chi connectivity index (χ3n) is 3.40. The summed E-state index contributed by atoms with van der Waals surface area (Å²) in [6.45, 7) is 4.52. The summed E-state index contributed by atoms with van der Waals surface area (Å²) in [5.41, 5.74) is 0. The first kappa shape index (κ1) is 12.0. The predicted molar refractivity (Wildman–Crippen MR) is 68.8 cm³/mol.